The number of nitrogens with zero attached hydrogens (tertiary/aromatic N) is 1. The van der Waals surface area contributed by atoms with E-state index in [0.717, 1.165) is 26.2 Å². The molecule has 0 unspecified atom stereocenters. The van der Waals surface area contributed by atoms with Crippen molar-refractivity contribution in [2.24, 2.45) is 0 Å². The fourth-order valence-electron chi connectivity index (χ4n) is 1.41. The summed E-state index contributed by atoms with van der Waals surface area (Å²) >= 11 is 0. The number of piperazine rings is 1. The van der Waals surface area contributed by atoms with Crippen molar-refractivity contribution in [1.82, 2.24) is 9.88 Å². The predicted octanol–water partition coefficient (Wildman–Crippen LogP) is -0.247. The van der Waals surface area contributed by atoms with Crippen molar-refractivity contribution in [3.05, 3.63) is 0 Å². The molecule has 0 aliphatic carbocycles. The van der Waals surface area contributed by atoms with E-state index in [4.69, 9.17) is 8.85 Å². The molecule has 12 heavy (non-hydrogen) atoms. The fraction of sp³-hybridized carbons (Fsp3) is 1.00. The van der Waals surface area contributed by atoms with Gasteiger partial charge in [0.1, 0.15) is 0 Å². The van der Waals surface area contributed by atoms with Crippen molar-refractivity contribution in [2.45, 2.75) is 6.55 Å². The summed E-state index contributed by atoms with van der Waals surface area (Å²) < 4.78 is 13.2. The molecular weight excluding hydrogens is 172 g/mol. The lowest BCUT2D eigenvalue weighted by Crippen LogP contribution is -2.60. The monoisotopic (exact) mass is 190 g/mol. The van der Waals surface area contributed by atoms with Crippen LogP contribution in [-0.2, 0) is 8.85 Å². The van der Waals surface area contributed by atoms with Gasteiger partial charge in [-0.1, -0.05) is 0 Å². The molecule has 0 spiro atoms. The van der Waals surface area contributed by atoms with Crippen LogP contribution in [0.3, 0.4) is 0 Å². The average molecular weight is 190 g/mol. The minimum Gasteiger partial charge on any atom is -0.386 e. The first-order valence-corrected chi connectivity index (χ1v) is 6.55. The third-order valence-corrected chi connectivity index (χ3v) is 5.56. The maximum absolute atomic E-state index is 5.44. The summed E-state index contributed by atoms with van der Waals surface area (Å²) in [5.74, 6) is 0. The molecule has 72 valence electrons. The second-order valence-electron chi connectivity index (χ2n) is 3.04. The highest BCUT2D eigenvalue weighted by molar-refractivity contribution is 6.63. The smallest absolute Gasteiger partial charge is 0.386 e. The molecule has 0 atom stereocenters. The van der Waals surface area contributed by atoms with Crippen LogP contribution in [0, 0.1) is 0 Å². The summed E-state index contributed by atoms with van der Waals surface area (Å²) in [5, 5.41) is 3.30. The molecule has 0 aromatic heterocycles. The van der Waals surface area contributed by atoms with E-state index in [-0.39, 0.29) is 0 Å². The Labute approximate surface area is 75.2 Å². The summed E-state index contributed by atoms with van der Waals surface area (Å²) in [5.41, 5.74) is 0. The predicted molar refractivity (Wildman–Crippen MR) is 50.1 cm³/mol. The Balaban J connectivity index is 2.51. The molecule has 5 heteroatoms. The lowest BCUT2D eigenvalue weighted by atomic mass is 10.4. The first-order valence-electron chi connectivity index (χ1n) is 4.29. The van der Waals surface area contributed by atoms with Crippen LogP contribution in [0.2, 0.25) is 6.55 Å². The fourth-order valence-corrected chi connectivity index (χ4v) is 3.13. The quantitative estimate of drug-likeness (QED) is 0.623. The number of nitrogens with one attached hydrogen (secondary N) is 1. The van der Waals surface area contributed by atoms with Gasteiger partial charge in [-0.3, -0.25) is 4.57 Å². The highest BCUT2D eigenvalue weighted by atomic mass is 28.4. The van der Waals surface area contributed by atoms with Crippen LogP contribution in [0.15, 0.2) is 0 Å². The van der Waals surface area contributed by atoms with Crippen LogP contribution in [-0.4, -0.2) is 53.7 Å². The molecule has 0 radical (unpaired) electrons. The van der Waals surface area contributed by atoms with Crippen molar-refractivity contribution in [3.8, 4) is 0 Å². The maximum Gasteiger partial charge on any atom is 0.424 e. The van der Waals surface area contributed by atoms with Crippen molar-refractivity contribution < 1.29 is 8.85 Å². The zero-order valence-corrected chi connectivity index (χ0v) is 9.09. The third-order valence-electron chi connectivity index (χ3n) is 2.45. The minimum absolute atomic E-state index is 1.03. The number of hydrogen-bond donors (Lipinski definition) is 1. The molecule has 0 amide bonds. The molecule has 0 aromatic carbocycles. The molecule has 4 nitrogen and oxygen atoms in total. The Bertz CT molecular complexity index is 135. The Morgan fingerprint density at radius 1 is 1.17 bits per heavy atom. The van der Waals surface area contributed by atoms with Gasteiger partial charge in [0.15, 0.2) is 0 Å². The second-order valence-corrected chi connectivity index (χ2v) is 6.29. The molecule has 1 aliphatic heterocycles. The molecule has 1 fully saturated rings. The summed E-state index contributed by atoms with van der Waals surface area (Å²) in [6.45, 7) is 6.22. The molecule has 1 heterocycles. The molecular formula is C7H18N2O2Si. The first kappa shape index (κ1) is 10.1. The highest BCUT2D eigenvalue weighted by Gasteiger charge is 2.38. The van der Waals surface area contributed by atoms with Crippen LogP contribution in [0.5, 0.6) is 0 Å². The molecule has 0 bridgehead atoms. The van der Waals surface area contributed by atoms with E-state index in [1.54, 1.807) is 14.2 Å². The van der Waals surface area contributed by atoms with Gasteiger partial charge in [0.25, 0.3) is 0 Å². The van der Waals surface area contributed by atoms with E-state index in [2.05, 4.69) is 16.4 Å². The van der Waals surface area contributed by atoms with Crippen LogP contribution in [0.1, 0.15) is 0 Å². The standard InChI is InChI=1S/C7H18N2O2Si/c1-10-12(3,11-2)9-6-4-8-5-7-9/h8H,4-7H2,1-3H3. The first-order chi connectivity index (χ1) is 5.73. The van der Waals surface area contributed by atoms with E-state index < -0.39 is 8.72 Å². The van der Waals surface area contributed by atoms with Gasteiger partial charge < -0.3 is 14.2 Å². The lowest BCUT2D eigenvalue weighted by Gasteiger charge is -2.37. The lowest BCUT2D eigenvalue weighted by molar-refractivity contribution is 0.160. The highest BCUT2D eigenvalue weighted by Crippen LogP contribution is 2.11. The topological polar surface area (TPSA) is 33.7 Å². The van der Waals surface area contributed by atoms with Gasteiger partial charge in [0.05, 0.1) is 0 Å². The molecule has 1 N–H and O–H groups in total. The largest absolute Gasteiger partial charge is 0.424 e. The summed E-state index contributed by atoms with van der Waals surface area (Å²) in [6, 6.07) is 0. The molecule has 0 saturated carbocycles. The number of hydrogen-bond acceptors (Lipinski definition) is 4. The SMILES string of the molecule is CO[Si](C)(OC)N1CCNCC1. The van der Waals surface area contributed by atoms with Gasteiger partial charge in [0.2, 0.25) is 0 Å². The van der Waals surface area contributed by atoms with Crippen molar-refractivity contribution in [3.63, 3.8) is 0 Å². The minimum atomic E-state index is -2.00. The maximum atomic E-state index is 5.44. The van der Waals surface area contributed by atoms with Crippen LogP contribution < -0.4 is 5.32 Å². The van der Waals surface area contributed by atoms with Gasteiger partial charge in [-0.15, -0.1) is 0 Å². The van der Waals surface area contributed by atoms with Gasteiger partial charge in [-0.05, 0) is 6.55 Å². The number of rotatable bonds is 3. The summed E-state index contributed by atoms with van der Waals surface area (Å²) in [6.07, 6.45) is 0. The van der Waals surface area contributed by atoms with E-state index in [1.807, 2.05) is 0 Å². The van der Waals surface area contributed by atoms with Gasteiger partial charge in [0, 0.05) is 40.4 Å². The van der Waals surface area contributed by atoms with Gasteiger partial charge >= 0.3 is 8.72 Å². The third kappa shape index (κ3) is 2.05. The molecule has 1 aliphatic rings. The van der Waals surface area contributed by atoms with E-state index in [0.29, 0.717) is 0 Å². The van der Waals surface area contributed by atoms with Crippen molar-refractivity contribution in [1.29, 1.82) is 0 Å². The van der Waals surface area contributed by atoms with E-state index >= 15 is 0 Å². The van der Waals surface area contributed by atoms with Gasteiger partial charge in [-0.25, -0.2) is 0 Å². The van der Waals surface area contributed by atoms with Crippen molar-refractivity contribution in [2.75, 3.05) is 40.4 Å². The second kappa shape index (κ2) is 4.34. The van der Waals surface area contributed by atoms with Gasteiger partial charge in [-0.2, -0.15) is 0 Å². The zero-order valence-electron chi connectivity index (χ0n) is 8.09. The molecule has 1 rings (SSSR count). The Morgan fingerprint density at radius 3 is 2.08 bits per heavy atom. The Morgan fingerprint density at radius 2 is 1.67 bits per heavy atom. The van der Waals surface area contributed by atoms with E-state index in [1.165, 1.54) is 0 Å². The average Bonchev–Trinajstić information content (AvgIpc) is 2.18. The Hall–Kier alpha value is 0.0569. The van der Waals surface area contributed by atoms with Crippen molar-refractivity contribution >= 4 is 8.72 Å². The zero-order chi connectivity index (χ0) is 9.03. The van der Waals surface area contributed by atoms with Crippen LogP contribution >= 0.6 is 0 Å². The summed E-state index contributed by atoms with van der Waals surface area (Å²) in [4.78, 5) is 0. The van der Waals surface area contributed by atoms with Crippen LogP contribution in [0.25, 0.3) is 0 Å². The normalized spacial score (nSPS) is 21.2. The van der Waals surface area contributed by atoms with Crippen LogP contribution in [0.4, 0.5) is 0 Å². The molecule has 0 aromatic rings. The summed E-state index contributed by atoms with van der Waals surface area (Å²) in [7, 11) is 1.46. The Kier molecular flexibility index (Phi) is 3.67. The molecule has 1 saturated heterocycles. The van der Waals surface area contributed by atoms with E-state index in [9.17, 15) is 0 Å².